The second-order valence-electron chi connectivity index (χ2n) is 10.3. The van der Waals surface area contributed by atoms with E-state index in [-0.39, 0.29) is 12.2 Å². The van der Waals surface area contributed by atoms with Crippen molar-refractivity contribution in [1.82, 2.24) is 0 Å². The molecule has 0 bridgehead atoms. The molecule has 3 aromatic rings. The van der Waals surface area contributed by atoms with Crippen LogP contribution in [-0.4, -0.2) is 11.9 Å². The van der Waals surface area contributed by atoms with Crippen LogP contribution in [0.15, 0.2) is 92.0 Å². The van der Waals surface area contributed by atoms with Crippen LogP contribution >= 0.6 is 0 Å². The van der Waals surface area contributed by atoms with Gasteiger partial charge in [-0.25, -0.2) is 9.59 Å². The topological polar surface area (TPSA) is 55.8 Å². The van der Waals surface area contributed by atoms with Crippen molar-refractivity contribution in [3.8, 4) is 0 Å². The molecule has 2 unspecified atom stereocenters. The summed E-state index contributed by atoms with van der Waals surface area (Å²) in [6.45, 7) is 15.6. The van der Waals surface area contributed by atoms with E-state index >= 15 is 0 Å². The Hall–Kier alpha value is -4.12. The smallest absolute Gasteiger partial charge is 0.330 e. The quantitative estimate of drug-likeness (QED) is 0.138. The number of aryl methyl sites for hydroxylation is 2. The zero-order valence-corrected chi connectivity index (χ0v) is 24.9. The van der Waals surface area contributed by atoms with Crippen LogP contribution in [-0.2, 0) is 19.1 Å². The van der Waals surface area contributed by atoms with Gasteiger partial charge < -0.3 is 14.4 Å². The molecule has 0 saturated carbocycles. The van der Waals surface area contributed by atoms with E-state index in [4.69, 9.17) is 9.47 Å². The maximum atomic E-state index is 12.0. The summed E-state index contributed by atoms with van der Waals surface area (Å²) in [6, 6.07) is 22.8. The lowest BCUT2D eigenvalue weighted by atomic mass is 10.0. The van der Waals surface area contributed by atoms with Crippen molar-refractivity contribution in [1.29, 1.82) is 0 Å². The Balaban J connectivity index is 2.00. The average molecular weight is 554 g/mol. The number of hydrogen-bond acceptors (Lipinski definition) is 5. The van der Waals surface area contributed by atoms with E-state index in [0.29, 0.717) is 0 Å². The normalized spacial score (nSPS) is 12.2. The summed E-state index contributed by atoms with van der Waals surface area (Å²) in [4.78, 5) is 26.2. The lowest BCUT2D eigenvalue weighted by molar-refractivity contribution is -0.144. The number of carbonyl (C=O) groups excluding carboxylic acids is 2. The standard InChI is InChI=1S/C36H43NO4/c1-7-11-13-33(40-35(38)9-3)28-16-21-30(22-17-28)37(32-20-15-26(5)27(6)25-32)31-23-18-29(19-24-31)34(14-12-8-2)41-36(39)10-4/h9-10,15-25,33-34H,3-4,7-8,11-14H2,1-2,5-6H3. The molecule has 0 aliphatic heterocycles. The SMILES string of the molecule is C=CC(=O)OC(CCCC)c1ccc(N(c2ccc(C(CCCC)OC(=O)C=C)cc2)c2ccc(C)c(C)c2)cc1. The molecule has 2 atom stereocenters. The molecule has 5 nitrogen and oxygen atoms in total. The molecular formula is C36H43NO4. The van der Waals surface area contributed by atoms with Crippen LogP contribution in [0.25, 0.3) is 0 Å². The number of nitrogens with zero attached hydrogens (tertiary/aromatic N) is 1. The summed E-state index contributed by atoms with van der Waals surface area (Å²) in [6.07, 6.45) is 7.25. The lowest BCUT2D eigenvalue weighted by Crippen LogP contribution is -2.13. The first-order valence-electron chi connectivity index (χ1n) is 14.5. The summed E-state index contributed by atoms with van der Waals surface area (Å²) in [5, 5.41) is 0. The Bertz CT molecular complexity index is 1230. The first kappa shape index (κ1) is 31.4. The molecular weight excluding hydrogens is 510 g/mol. The maximum absolute atomic E-state index is 12.0. The number of esters is 2. The maximum Gasteiger partial charge on any atom is 0.330 e. The van der Waals surface area contributed by atoms with Crippen molar-refractivity contribution in [2.45, 2.75) is 78.4 Å². The lowest BCUT2D eigenvalue weighted by Gasteiger charge is -2.27. The monoisotopic (exact) mass is 553 g/mol. The zero-order valence-electron chi connectivity index (χ0n) is 24.9. The first-order valence-corrected chi connectivity index (χ1v) is 14.5. The Morgan fingerprint density at radius 2 is 1.10 bits per heavy atom. The first-order chi connectivity index (χ1) is 19.8. The van der Waals surface area contributed by atoms with Gasteiger partial charge in [0.15, 0.2) is 0 Å². The van der Waals surface area contributed by atoms with Crippen LogP contribution < -0.4 is 4.90 Å². The average Bonchev–Trinajstić information content (AvgIpc) is 2.99. The fraction of sp³-hybridized carbons (Fsp3) is 0.333. The van der Waals surface area contributed by atoms with Gasteiger partial charge in [-0.1, -0.05) is 70.2 Å². The minimum Gasteiger partial charge on any atom is -0.454 e. The fourth-order valence-corrected chi connectivity index (χ4v) is 4.73. The second kappa shape index (κ2) is 15.6. The molecule has 5 heteroatoms. The van der Waals surface area contributed by atoms with E-state index in [0.717, 1.165) is 66.7 Å². The number of unbranched alkanes of at least 4 members (excludes halogenated alkanes) is 2. The second-order valence-corrected chi connectivity index (χ2v) is 10.3. The minimum atomic E-state index is -0.414. The predicted molar refractivity (Wildman–Crippen MR) is 168 cm³/mol. The van der Waals surface area contributed by atoms with Gasteiger partial charge in [0.1, 0.15) is 12.2 Å². The van der Waals surface area contributed by atoms with Crippen molar-refractivity contribution in [2.24, 2.45) is 0 Å². The predicted octanol–water partition coefficient (Wildman–Crippen LogP) is 9.69. The molecule has 0 N–H and O–H groups in total. The highest BCUT2D eigenvalue weighted by Gasteiger charge is 2.19. The molecule has 0 aliphatic carbocycles. The molecule has 0 fully saturated rings. The summed E-state index contributed by atoms with van der Waals surface area (Å²) < 4.78 is 11.3. The highest BCUT2D eigenvalue weighted by atomic mass is 16.5. The van der Waals surface area contributed by atoms with Crippen molar-refractivity contribution in [2.75, 3.05) is 4.90 Å². The van der Waals surface area contributed by atoms with Crippen molar-refractivity contribution in [3.63, 3.8) is 0 Å². The summed E-state index contributed by atoms with van der Waals surface area (Å²) >= 11 is 0. The third-order valence-electron chi connectivity index (χ3n) is 7.28. The van der Waals surface area contributed by atoms with Crippen molar-refractivity contribution < 1.29 is 19.1 Å². The van der Waals surface area contributed by atoms with E-state index in [9.17, 15) is 9.59 Å². The molecule has 0 aliphatic rings. The highest BCUT2D eigenvalue weighted by Crippen LogP contribution is 2.37. The van der Waals surface area contributed by atoms with Crippen LogP contribution in [0.3, 0.4) is 0 Å². The van der Waals surface area contributed by atoms with Gasteiger partial charge in [0.25, 0.3) is 0 Å². The third-order valence-corrected chi connectivity index (χ3v) is 7.28. The molecule has 3 aromatic carbocycles. The molecule has 3 rings (SSSR count). The fourth-order valence-electron chi connectivity index (χ4n) is 4.73. The van der Waals surface area contributed by atoms with Crippen molar-refractivity contribution >= 4 is 29.0 Å². The Morgan fingerprint density at radius 1 is 0.683 bits per heavy atom. The molecule has 0 aromatic heterocycles. The molecule has 0 spiro atoms. The van der Waals surface area contributed by atoms with Crippen LogP contribution in [0, 0.1) is 13.8 Å². The number of ether oxygens (including phenoxy) is 2. The van der Waals surface area contributed by atoms with Crippen LogP contribution in [0.5, 0.6) is 0 Å². The number of benzene rings is 3. The Labute approximate surface area is 245 Å². The molecule has 0 heterocycles. The van der Waals surface area contributed by atoms with Gasteiger partial charge in [-0.05, 0) is 98.2 Å². The summed E-state index contributed by atoms with van der Waals surface area (Å²) in [5.74, 6) is -0.828. The summed E-state index contributed by atoms with van der Waals surface area (Å²) in [5.41, 5.74) is 7.34. The minimum absolute atomic E-state index is 0.317. The number of anilines is 3. The Kier molecular flexibility index (Phi) is 12.0. The number of hydrogen-bond donors (Lipinski definition) is 0. The zero-order chi connectivity index (χ0) is 29.8. The summed E-state index contributed by atoms with van der Waals surface area (Å²) in [7, 11) is 0. The molecule has 0 amide bonds. The van der Waals surface area contributed by atoms with E-state index in [2.05, 4.69) is 88.2 Å². The van der Waals surface area contributed by atoms with E-state index < -0.39 is 11.9 Å². The van der Waals surface area contributed by atoms with Crippen molar-refractivity contribution in [3.05, 3.63) is 114 Å². The number of rotatable bonds is 15. The Morgan fingerprint density at radius 3 is 1.46 bits per heavy atom. The molecule has 41 heavy (non-hydrogen) atoms. The molecule has 0 radical (unpaired) electrons. The molecule has 216 valence electrons. The van der Waals surface area contributed by atoms with E-state index in [1.807, 2.05) is 24.3 Å². The van der Waals surface area contributed by atoms with Gasteiger partial charge in [0.05, 0.1) is 0 Å². The van der Waals surface area contributed by atoms with Gasteiger partial charge in [0, 0.05) is 29.2 Å². The van der Waals surface area contributed by atoms with Crippen LogP contribution in [0.4, 0.5) is 17.1 Å². The molecule has 0 saturated heterocycles. The van der Waals surface area contributed by atoms with Gasteiger partial charge in [0.2, 0.25) is 0 Å². The van der Waals surface area contributed by atoms with E-state index in [1.54, 1.807) is 0 Å². The van der Waals surface area contributed by atoms with Gasteiger partial charge in [-0.15, -0.1) is 0 Å². The van der Waals surface area contributed by atoms with Crippen LogP contribution in [0.1, 0.15) is 86.8 Å². The third kappa shape index (κ3) is 8.68. The number of carbonyl (C=O) groups is 2. The highest BCUT2D eigenvalue weighted by molar-refractivity contribution is 5.82. The van der Waals surface area contributed by atoms with Gasteiger partial charge >= 0.3 is 11.9 Å². The van der Waals surface area contributed by atoms with E-state index in [1.165, 1.54) is 23.3 Å². The van der Waals surface area contributed by atoms with Crippen LogP contribution in [0.2, 0.25) is 0 Å². The van der Waals surface area contributed by atoms with Gasteiger partial charge in [-0.3, -0.25) is 0 Å². The largest absolute Gasteiger partial charge is 0.454 e. The van der Waals surface area contributed by atoms with Gasteiger partial charge in [-0.2, -0.15) is 0 Å².